The van der Waals surface area contributed by atoms with E-state index in [9.17, 15) is 9.18 Å². The second kappa shape index (κ2) is 6.71. The van der Waals surface area contributed by atoms with Gasteiger partial charge in [-0.25, -0.2) is 4.39 Å². The maximum atomic E-state index is 13.8. The second-order valence-corrected chi connectivity index (χ2v) is 7.33. The summed E-state index contributed by atoms with van der Waals surface area (Å²) in [5.41, 5.74) is 3.58. The first-order chi connectivity index (χ1) is 11.8. The SMILES string of the molecule is CC(C)(C)NC(=O)CCc1c(-c2ccccc2)[nH]c2ccc(F)cc12. The van der Waals surface area contributed by atoms with E-state index < -0.39 is 0 Å². The van der Waals surface area contributed by atoms with E-state index in [-0.39, 0.29) is 17.3 Å². The minimum absolute atomic E-state index is 0.00253. The topological polar surface area (TPSA) is 44.9 Å². The standard InChI is InChI=1S/C21H23FN2O/c1-21(2,3)24-19(25)12-10-16-17-13-15(22)9-11-18(17)23-20(16)14-7-5-4-6-8-14/h4-9,11,13,23H,10,12H2,1-3H3,(H,24,25). The fraction of sp³-hybridized carbons (Fsp3) is 0.286. The molecule has 0 fully saturated rings. The van der Waals surface area contributed by atoms with Gasteiger partial charge in [0.25, 0.3) is 0 Å². The minimum Gasteiger partial charge on any atom is -0.354 e. The van der Waals surface area contributed by atoms with Crippen LogP contribution in [-0.4, -0.2) is 16.4 Å². The fourth-order valence-corrected chi connectivity index (χ4v) is 3.05. The molecule has 2 N–H and O–H groups in total. The summed E-state index contributed by atoms with van der Waals surface area (Å²) in [5, 5.41) is 3.81. The number of amides is 1. The van der Waals surface area contributed by atoms with Gasteiger partial charge in [0.15, 0.2) is 0 Å². The van der Waals surface area contributed by atoms with Crippen LogP contribution in [0.3, 0.4) is 0 Å². The van der Waals surface area contributed by atoms with E-state index in [4.69, 9.17) is 0 Å². The Morgan fingerprint density at radius 1 is 1.12 bits per heavy atom. The molecule has 3 nitrogen and oxygen atoms in total. The molecule has 3 rings (SSSR count). The molecule has 25 heavy (non-hydrogen) atoms. The fourth-order valence-electron chi connectivity index (χ4n) is 3.05. The number of rotatable bonds is 4. The van der Waals surface area contributed by atoms with Crippen LogP contribution < -0.4 is 5.32 Å². The molecule has 0 saturated carbocycles. The molecule has 0 unspecified atom stereocenters. The molecule has 0 spiro atoms. The average Bonchev–Trinajstić information content (AvgIpc) is 2.90. The third-order valence-electron chi connectivity index (χ3n) is 4.05. The van der Waals surface area contributed by atoms with Gasteiger partial charge < -0.3 is 10.3 Å². The van der Waals surface area contributed by atoms with E-state index in [0.29, 0.717) is 12.8 Å². The maximum absolute atomic E-state index is 13.8. The maximum Gasteiger partial charge on any atom is 0.220 e. The van der Waals surface area contributed by atoms with Gasteiger partial charge in [-0.3, -0.25) is 4.79 Å². The van der Waals surface area contributed by atoms with Crippen molar-refractivity contribution in [3.8, 4) is 11.3 Å². The first kappa shape index (κ1) is 17.2. The quantitative estimate of drug-likeness (QED) is 0.704. The zero-order valence-corrected chi connectivity index (χ0v) is 14.8. The van der Waals surface area contributed by atoms with Crippen LogP contribution in [0.1, 0.15) is 32.8 Å². The van der Waals surface area contributed by atoms with Crippen molar-refractivity contribution in [2.75, 3.05) is 0 Å². The van der Waals surface area contributed by atoms with E-state index in [2.05, 4.69) is 10.3 Å². The van der Waals surface area contributed by atoms with Crippen LogP contribution in [0.2, 0.25) is 0 Å². The summed E-state index contributed by atoms with van der Waals surface area (Å²) in [5.74, 6) is -0.274. The van der Waals surface area contributed by atoms with Crippen LogP contribution in [0.5, 0.6) is 0 Å². The summed E-state index contributed by atoms with van der Waals surface area (Å²) in [6.45, 7) is 5.88. The number of hydrogen-bond acceptors (Lipinski definition) is 1. The molecule has 0 atom stereocenters. The van der Waals surface area contributed by atoms with E-state index in [1.807, 2.05) is 51.1 Å². The third-order valence-corrected chi connectivity index (χ3v) is 4.05. The lowest BCUT2D eigenvalue weighted by atomic mass is 10.0. The highest BCUT2D eigenvalue weighted by molar-refractivity contribution is 5.91. The molecular formula is C21H23FN2O. The van der Waals surface area contributed by atoms with Gasteiger partial charge in [0.05, 0.1) is 0 Å². The number of carbonyl (C=O) groups excluding carboxylic acids is 1. The van der Waals surface area contributed by atoms with Gasteiger partial charge in [-0.2, -0.15) is 0 Å². The number of nitrogens with one attached hydrogen (secondary N) is 2. The number of carbonyl (C=O) groups is 1. The predicted molar refractivity (Wildman–Crippen MR) is 99.9 cm³/mol. The summed E-state index contributed by atoms with van der Waals surface area (Å²) in [7, 11) is 0. The van der Waals surface area contributed by atoms with Crippen molar-refractivity contribution in [2.45, 2.75) is 39.2 Å². The summed E-state index contributed by atoms with van der Waals surface area (Å²) in [6.07, 6.45) is 0.913. The highest BCUT2D eigenvalue weighted by Gasteiger charge is 2.17. The highest BCUT2D eigenvalue weighted by atomic mass is 19.1. The first-order valence-electron chi connectivity index (χ1n) is 8.50. The Bertz CT molecular complexity index is 891. The third kappa shape index (κ3) is 4.08. The first-order valence-corrected chi connectivity index (χ1v) is 8.50. The van der Waals surface area contributed by atoms with E-state index >= 15 is 0 Å². The van der Waals surface area contributed by atoms with Gasteiger partial charge in [-0.1, -0.05) is 30.3 Å². The van der Waals surface area contributed by atoms with Crippen molar-refractivity contribution >= 4 is 16.8 Å². The van der Waals surface area contributed by atoms with Gasteiger partial charge in [0.2, 0.25) is 5.91 Å². The van der Waals surface area contributed by atoms with Gasteiger partial charge >= 0.3 is 0 Å². The Labute approximate surface area is 147 Å². The van der Waals surface area contributed by atoms with Crippen molar-refractivity contribution in [3.63, 3.8) is 0 Å². The zero-order chi connectivity index (χ0) is 18.0. The molecule has 130 valence electrons. The summed E-state index contributed by atoms with van der Waals surface area (Å²) >= 11 is 0. The van der Waals surface area contributed by atoms with Gasteiger partial charge in [0.1, 0.15) is 5.82 Å². The molecule has 1 aromatic heterocycles. The van der Waals surface area contributed by atoms with Gasteiger partial charge in [0, 0.05) is 28.6 Å². The van der Waals surface area contributed by atoms with Gasteiger partial charge in [-0.15, -0.1) is 0 Å². The Balaban J connectivity index is 1.97. The lowest BCUT2D eigenvalue weighted by Crippen LogP contribution is -2.40. The monoisotopic (exact) mass is 338 g/mol. The van der Waals surface area contributed by atoms with Crippen LogP contribution in [0, 0.1) is 5.82 Å². The van der Waals surface area contributed by atoms with Crippen molar-refractivity contribution in [2.24, 2.45) is 0 Å². The number of H-pyrrole nitrogens is 1. The molecule has 0 radical (unpaired) electrons. The number of aromatic nitrogens is 1. The van der Waals surface area contributed by atoms with Crippen LogP contribution in [0.25, 0.3) is 22.2 Å². The number of aryl methyl sites for hydroxylation is 1. The average molecular weight is 338 g/mol. The second-order valence-electron chi connectivity index (χ2n) is 7.33. The minimum atomic E-state index is -0.272. The number of hydrogen-bond donors (Lipinski definition) is 2. The summed E-state index contributed by atoms with van der Waals surface area (Å²) < 4.78 is 13.8. The van der Waals surface area contributed by atoms with Crippen LogP contribution in [-0.2, 0) is 11.2 Å². The van der Waals surface area contributed by atoms with Crippen LogP contribution in [0.4, 0.5) is 4.39 Å². The van der Waals surface area contributed by atoms with Crippen molar-refractivity contribution in [1.82, 2.24) is 10.3 Å². The molecule has 0 saturated heterocycles. The molecule has 0 aliphatic rings. The molecule has 1 amide bonds. The molecule has 2 aromatic carbocycles. The lowest BCUT2D eigenvalue weighted by Gasteiger charge is -2.20. The Hall–Kier alpha value is -2.62. The summed E-state index contributed by atoms with van der Waals surface area (Å²) in [6, 6.07) is 14.7. The summed E-state index contributed by atoms with van der Waals surface area (Å²) in [4.78, 5) is 15.6. The Morgan fingerprint density at radius 3 is 2.52 bits per heavy atom. The smallest absolute Gasteiger partial charge is 0.220 e. The number of fused-ring (bicyclic) bond motifs is 1. The predicted octanol–water partition coefficient (Wildman–Crippen LogP) is 4.82. The van der Waals surface area contributed by atoms with E-state index in [1.165, 1.54) is 12.1 Å². The Kier molecular flexibility index (Phi) is 4.62. The molecule has 1 heterocycles. The normalized spacial score (nSPS) is 11.7. The van der Waals surface area contributed by atoms with Crippen molar-refractivity contribution in [3.05, 3.63) is 59.9 Å². The van der Waals surface area contributed by atoms with Gasteiger partial charge in [-0.05, 0) is 56.5 Å². The lowest BCUT2D eigenvalue weighted by molar-refractivity contribution is -0.122. The van der Waals surface area contributed by atoms with E-state index in [1.54, 1.807) is 6.07 Å². The largest absolute Gasteiger partial charge is 0.354 e. The molecule has 0 bridgehead atoms. The van der Waals surface area contributed by atoms with Crippen molar-refractivity contribution < 1.29 is 9.18 Å². The molecule has 0 aliphatic carbocycles. The zero-order valence-electron chi connectivity index (χ0n) is 14.8. The molecular weight excluding hydrogens is 315 g/mol. The number of halogens is 1. The Morgan fingerprint density at radius 2 is 1.84 bits per heavy atom. The highest BCUT2D eigenvalue weighted by Crippen LogP contribution is 2.31. The molecule has 0 aliphatic heterocycles. The van der Waals surface area contributed by atoms with E-state index in [0.717, 1.165) is 27.7 Å². The van der Waals surface area contributed by atoms with Crippen LogP contribution in [0.15, 0.2) is 48.5 Å². The molecule has 3 aromatic rings. The number of aromatic amines is 1. The van der Waals surface area contributed by atoms with Crippen LogP contribution >= 0.6 is 0 Å². The number of benzene rings is 2. The van der Waals surface area contributed by atoms with Crippen molar-refractivity contribution in [1.29, 1.82) is 0 Å². The molecule has 4 heteroatoms.